The molecule has 7 heteroatoms. The van der Waals surface area contributed by atoms with Crippen LogP contribution in [0.25, 0.3) is 10.9 Å². The second kappa shape index (κ2) is 6.60. The first kappa shape index (κ1) is 16.7. The molecule has 2 rings (SSSR count). The predicted molar refractivity (Wildman–Crippen MR) is 85.0 cm³/mol. The summed E-state index contributed by atoms with van der Waals surface area (Å²) in [5, 5.41) is 12.1. The van der Waals surface area contributed by atoms with Crippen molar-refractivity contribution in [3.63, 3.8) is 0 Å². The maximum Gasteiger partial charge on any atom is 0.310 e. The van der Waals surface area contributed by atoms with Crippen molar-refractivity contribution in [1.29, 1.82) is 0 Å². The average molecular weight is 317 g/mol. The highest BCUT2D eigenvalue weighted by Gasteiger charge is 2.27. The van der Waals surface area contributed by atoms with E-state index in [1.807, 2.05) is 0 Å². The van der Waals surface area contributed by atoms with Crippen LogP contribution in [0.1, 0.15) is 20.3 Å². The van der Waals surface area contributed by atoms with Gasteiger partial charge in [0.15, 0.2) is 0 Å². The van der Waals surface area contributed by atoms with Gasteiger partial charge in [0.1, 0.15) is 0 Å². The van der Waals surface area contributed by atoms with Gasteiger partial charge in [-0.15, -0.1) is 0 Å². The van der Waals surface area contributed by atoms with Crippen molar-refractivity contribution in [2.75, 3.05) is 6.54 Å². The minimum Gasteiger partial charge on any atom is -0.481 e. The number of nitrogens with zero attached hydrogens (tertiary/aromatic N) is 2. The van der Waals surface area contributed by atoms with E-state index in [1.54, 1.807) is 24.3 Å². The molecule has 2 N–H and O–H groups in total. The molecule has 7 nitrogen and oxygen atoms in total. The number of aliphatic carboxylic acids is 1. The normalized spacial score (nSPS) is 11.4. The average Bonchev–Trinajstić information content (AvgIpc) is 2.52. The summed E-state index contributed by atoms with van der Waals surface area (Å²) < 4.78 is 1.38. The summed E-state index contributed by atoms with van der Waals surface area (Å²) in [5.74, 6) is -1.29. The zero-order valence-electron chi connectivity index (χ0n) is 13.1. The van der Waals surface area contributed by atoms with Gasteiger partial charge in [0, 0.05) is 19.5 Å². The molecule has 0 aliphatic carbocycles. The molecule has 0 unspecified atom stereocenters. The van der Waals surface area contributed by atoms with Crippen LogP contribution in [0.5, 0.6) is 0 Å². The van der Waals surface area contributed by atoms with Crippen LogP contribution in [-0.4, -0.2) is 33.1 Å². The lowest BCUT2D eigenvalue weighted by Crippen LogP contribution is -2.39. The largest absolute Gasteiger partial charge is 0.481 e. The minimum atomic E-state index is -1.03. The number of aromatic nitrogens is 2. The van der Waals surface area contributed by atoms with E-state index < -0.39 is 11.4 Å². The highest BCUT2D eigenvalue weighted by atomic mass is 16.4. The Morgan fingerprint density at radius 2 is 2.00 bits per heavy atom. The number of benzene rings is 1. The fourth-order valence-corrected chi connectivity index (χ4v) is 1.97. The number of carbonyl (C=O) groups is 2. The molecule has 1 amide bonds. The summed E-state index contributed by atoms with van der Waals surface area (Å²) >= 11 is 0. The van der Waals surface area contributed by atoms with Gasteiger partial charge in [-0.05, 0) is 26.0 Å². The van der Waals surface area contributed by atoms with Crippen molar-refractivity contribution in [3.05, 3.63) is 40.9 Å². The zero-order valence-corrected chi connectivity index (χ0v) is 13.1. The summed E-state index contributed by atoms with van der Waals surface area (Å²) in [4.78, 5) is 39.2. The van der Waals surface area contributed by atoms with Crippen LogP contribution in [0.2, 0.25) is 0 Å². The molecule has 1 heterocycles. The van der Waals surface area contributed by atoms with Gasteiger partial charge < -0.3 is 10.4 Å². The van der Waals surface area contributed by atoms with E-state index in [1.165, 1.54) is 24.7 Å². The van der Waals surface area contributed by atoms with Crippen molar-refractivity contribution in [3.8, 4) is 0 Å². The number of amides is 1. The standard InChI is InChI=1S/C16H19N3O4/c1-16(2,15(22)23)9-17-13(20)7-8-19-10-18-12-6-4-3-5-11(12)14(19)21/h3-6,10H,7-9H2,1-2H3,(H,17,20)(H,22,23). The summed E-state index contributed by atoms with van der Waals surface area (Å²) in [6, 6.07) is 7.01. The Kier molecular flexibility index (Phi) is 4.78. The van der Waals surface area contributed by atoms with Gasteiger partial charge in [0.05, 0.1) is 22.6 Å². The van der Waals surface area contributed by atoms with Crippen LogP contribution in [0, 0.1) is 5.41 Å². The van der Waals surface area contributed by atoms with E-state index in [0.717, 1.165) is 0 Å². The third-order valence-electron chi connectivity index (χ3n) is 3.62. The summed E-state index contributed by atoms with van der Waals surface area (Å²) in [7, 11) is 0. The van der Waals surface area contributed by atoms with Crippen LogP contribution in [0.4, 0.5) is 0 Å². The van der Waals surface area contributed by atoms with E-state index in [9.17, 15) is 14.4 Å². The van der Waals surface area contributed by atoms with Crippen molar-refractivity contribution in [2.24, 2.45) is 5.41 Å². The van der Waals surface area contributed by atoms with Crippen LogP contribution in [0.15, 0.2) is 35.4 Å². The molecule has 0 saturated heterocycles. The summed E-state index contributed by atoms with van der Waals surface area (Å²) in [6.45, 7) is 3.29. The van der Waals surface area contributed by atoms with Gasteiger partial charge in [-0.1, -0.05) is 12.1 Å². The monoisotopic (exact) mass is 317 g/mol. The van der Waals surface area contributed by atoms with Gasteiger partial charge in [0.25, 0.3) is 5.56 Å². The molecule has 2 aromatic rings. The van der Waals surface area contributed by atoms with Gasteiger partial charge in [-0.25, -0.2) is 4.98 Å². The van der Waals surface area contributed by atoms with Gasteiger partial charge >= 0.3 is 5.97 Å². The molecule has 0 saturated carbocycles. The van der Waals surface area contributed by atoms with Crippen LogP contribution >= 0.6 is 0 Å². The molecular weight excluding hydrogens is 298 g/mol. The smallest absolute Gasteiger partial charge is 0.310 e. The summed E-state index contributed by atoms with van der Waals surface area (Å²) in [5.41, 5.74) is -0.618. The molecule has 1 aromatic carbocycles. The topological polar surface area (TPSA) is 101 Å². The van der Waals surface area contributed by atoms with E-state index in [0.29, 0.717) is 10.9 Å². The number of para-hydroxylation sites is 1. The molecule has 0 bridgehead atoms. The van der Waals surface area contributed by atoms with Gasteiger partial charge in [0.2, 0.25) is 5.91 Å². The number of carbonyl (C=O) groups excluding carboxylic acids is 1. The van der Waals surface area contributed by atoms with Crippen molar-refractivity contribution in [2.45, 2.75) is 26.8 Å². The van der Waals surface area contributed by atoms with E-state index in [4.69, 9.17) is 5.11 Å². The second-order valence-electron chi connectivity index (χ2n) is 5.98. The molecule has 0 atom stereocenters. The lowest BCUT2D eigenvalue weighted by atomic mass is 9.94. The third-order valence-corrected chi connectivity index (χ3v) is 3.62. The molecule has 0 aliphatic heterocycles. The molecule has 0 radical (unpaired) electrons. The van der Waals surface area contributed by atoms with Crippen LogP contribution in [-0.2, 0) is 16.1 Å². The minimum absolute atomic E-state index is 0.0338. The maximum atomic E-state index is 12.3. The molecular formula is C16H19N3O4. The first-order chi connectivity index (χ1) is 10.8. The quantitative estimate of drug-likeness (QED) is 0.828. The molecule has 122 valence electrons. The highest BCUT2D eigenvalue weighted by molar-refractivity contribution is 5.79. The molecule has 0 aliphatic rings. The van der Waals surface area contributed by atoms with Gasteiger partial charge in [-0.3, -0.25) is 19.0 Å². The SMILES string of the molecule is CC(C)(CNC(=O)CCn1cnc2ccccc2c1=O)C(=O)O. The number of hydrogen-bond acceptors (Lipinski definition) is 4. The number of rotatable bonds is 6. The first-order valence-corrected chi connectivity index (χ1v) is 7.25. The number of aryl methyl sites for hydroxylation is 1. The number of carboxylic acid groups (broad SMARTS) is 1. The maximum absolute atomic E-state index is 12.3. The Bertz CT molecular complexity index is 795. The van der Waals surface area contributed by atoms with Crippen LogP contribution < -0.4 is 10.9 Å². The Balaban J connectivity index is 1.99. The first-order valence-electron chi connectivity index (χ1n) is 7.25. The zero-order chi connectivity index (χ0) is 17.0. The van der Waals surface area contributed by atoms with Crippen molar-refractivity contribution in [1.82, 2.24) is 14.9 Å². The molecule has 0 spiro atoms. The Hall–Kier alpha value is -2.70. The number of carboxylic acids is 1. The van der Waals surface area contributed by atoms with E-state index in [-0.39, 0.29) is 31.0 Å². The number of fused-ring (bicyclic) bond motifs is 1. The lowest BCUT2D eigenvalue weighted by Gasteiger charge is -2.19. The summed E-state index contributed by atoms with van der Waals surface area (Å²) in [6.07, 6.45) is 1.49. The predicted octanol–water partition coefficient (Wildman–Crippen LogP) is 1.01. The van der Waals surface area contributed by atoms with Crippen molar-refractivity contribution >= 4 is 22.8 Å². The Morgan fingerprint density at radius 3 is 2.70 bits per heavy atom. The Labute approximate surface area is 133 Å². The molecule has 1 aromatic heterocycles. The number of nitrogens with one attached hydrogen (secondary N) is 1. The van der Waals surface area contributed by atoms with Crippen molar-refractivity contribution < 1.29 is 14.7 Å². The third kappa shape index (κ3) is 3.94. The van der Waals surface area contributed by atoms with Crippen LogP contribution in [0.3, 0.4) is 0 Å². The molecule has 0 fully saturated rings. The Morgan fingerprint density at radius 1 is 1.30 bits per heavy atom. The molecule has 23 heavy (non-hydrogen) atoms. The lowest BCUT2D eigenvalue weighted by molar-refractivity contribution is -0.146. The van der Waals surface area contributed by atoms with Gasteiger partial charge in [-0.2, -0.15) is 0 Å². The highest BCUT2D eigenvalue weighted by Crippen LogP contribution is 2.13. The van der Waals surface area contributed by atoms with E-state index >= 15 is 0 Å². The number of hydrogen-bond donors (Lipinski definition) is 2. The van der Waals surface area contributed by atoms with E-state index in [2.05, 4.69) is 10.3 Å². The fourth-order valence-electron chi connectivity index (χ4n) is 1.97. The fraction of sp³-hybridized carbons (Fsp3) is 0.375. The second-order valence-corrected chi connectivity index (χ2v) is 5.98.